The molecule has 4 rings (SSSR count). The van der Waals surface area contributed by atoms with Gasteiger partial charge in [0.2, 0.25) is 0 Å². The van der Waals surface area contributed by atoms with Gasteiger partial charge in [0.1, 0.15) is 5.65 Å². The van der Waals surface area contributed by atoms with Gasteiger partial charge in [-0.15, -0.1) is 0 Å². The molecule has 0 atom stereocenters. The molecule has 1 amide bonds. The number of piperidine rings is 1. The number of fused-ring (bicyclic) bond motifs is 1. The molecule has 0 bridgehead atoms. The second kappa shape index (κ2) is 7.99. The number of pyridine rings is 1. The van der Waals surface area contributed by atoms with Crippen molar-refractivity contribution < 1.29 is 4.79 Å². The summed E-state index contributed by atoms with van der Waals surface area (Å²) in [5, 5.41) is 7.32. The van der Waals surface area contributed by atoms with E-state index in [0.717, 1.165) is 54.8 Å². The zero-order valence-electron chi connectivity index (χ0n) is 17.5. The van der Waals surface area contributed by atoms with Gasteiger partial charge in [0.15, 0.2) is 0 Å². The van der Waals surface area contributed by atoms with Crippen LogP contribution in [-0.2, 0) is 5.41 Å². The molecule has 2 aromatic heterocycles. The van der Waals surface area contributed by atoms with E-state index in [1.807, 2.05) is 12.1 Å². The molecule has 5 nitrogen and oxygen atoms in total. The largest absolute Gasteiger partial charge is 0.352 e. The van der Waals surface area contributed by atoms with Gasteiger partial charge < -0.3 is 15.6 Å². The van der Waals surface area contributed by atoms with Crippen LogP contribution in [0.2, 0.25) is 0 Å². The molecule has 152 valence electrons. The molecule has 3 heterocycles. The SMILES string of the molecule is CC(C)(C)c1ccc(-c2ccc3c(C(=O)NCC4CCNCC4)c[nH]c3n2)cc1. The lowest BCUT2D eigenvalue weighted by molar-refractivity contribution is 0.0946. The van der Waals surface area contributed by atoms with E-state index in [0.29, 0.717) is 11.5 Å². The minimum absolute atomic E-state index is 0.0288. The van der Waals surface area contributed by atoms with Crippen LogP contribution in [0.1, 0.15) is 49.5 Å². The molecule has 1 fully saturated rings. The molecule has 5 heteroatoms. The number of amides is 1. The monoisotopic (exact) mass is 390 g/mol. The van der Waals surface area contributed by atoms with Crippen LogP contribution in [0.4, 0.5) is 0 Å². The number of nitrogens with one attached hydrogen (secondary N) is 3. The van der Waals surface area contributed by atoms with Crippen LogP contribution in [0.25, 0.3) is 22.3 Å². The van der Waals surface area contributed by atoms with Crippen LogP contribution < -0.4 is 10.6 Å². The number of hydrogen-bond donors (Lipinski definition) is 3. The van der Waals surface area contributed by atoms with Crippen molar-refractivity contribution in [1.29, 1.82) is 0 Å². The Kier molecular flexibility index (Phi) is 5.41. The third-order valence-corrected chi connectivity index (χ3v) is 5.84. The van der Waals surface area contributed by atoms with Crippen molar-refractivity contribution in [3.05, 3.63) is 53.7 Å². The van der Waals surface area contributed by atoms with Crippen LogP contribution in [0.5, 0.6) is 0 Å². The van der Waals surface area contributed by atoms with E-state index in [2.05, 4.69) is 60.7 Å². The highest BCUT2D eigenvalue weighted by atomic mass is 16.1. The fourth-order valence-corrected chi connectivity index (χ4v) is 3.91. The van der Waals surface area contributed by atoms with Gasteiger partial charge in [-0.25, -0.2) is 4.98 Å². The maximum absolute atomic E-state index is 12.7. The fraction of sp³-hybridized carbons (Fsp3) is 0.417. The molecule has 1 aliphatic rings. The number of carbonyl (C=O) groups is 1. The van der Waals surface area contributed by atoms with Crippen molar-refractivity contribution in [2.75, 3.05) is 19.6 Å². The highest BCUT2D eigenvalue weighted by Gasteiger charge is 2.18. The Morgan fingerprint density at radius 2 is 1.83 bits per heavy atom. The normalized spacial score (nSPS) is 15.6. The second-order valence-electron chi connectivity index (χ2n) is 9.03. The van der Waals surface area contributed by atoms with E-state index in [-0.39, 0.29) is 11.3 Å². The summed E-state index contributed by atoms with van der Waals surface area (Å²) in [7, 11) is 0. The quantitative estimate of drug-likeness (QED) is 0.623. The number of aromatic amines is 1. The summed E-state index contributed by atoms with van der Waals surface area (Å²) in [6, 6.07) is 12.5. The lowest BCUT2D eigenvalue weighted by Gasteiger charge is -2.22. The summed E-state index contributed by atoms with van der Waals surface area (Å²) in [5.41, 5.74) is 4.82. The molecule has 0 unspecified atom stereocenters. The average Bonchev–Trinajstić information content (AvgIpc) is 3.15. The lowest BCUT2D eigenvalue weighted by Crippen LogP contribution is -2.35. The molecule has 3 N–H and O–H groups in total. The number of rotatable bonds is 4. The molecule has 3 aromatic rings. The van der Waals surface area contributed by atoms with Crippen molar-refractivity contribution >= 4 is 16.9 Å². The first-order valence-corrected chi connectivity index (χ1v) is 10.5. The van der Waals surface area contributed by atoms with Crippen LogP contribution in [-0.4, -0.2) is 35.5 Å². The van der Waals surface area contributed by atoms with Crippen LogP contribution in [0, 0.1) is 5.92 Å². The van der Waals surface area contributed by atoms with Crippen LogP contribution in [0.3, 0.4) is 0 Å². The van der Waals surface area contributed by atoms with Gasteiger partial charge in [-0.2, -0.15) is 0 Å². The Morgan fingerprint density at radius 1 is 1.10 bits per heavy atom. The molecule has 0 saturated carbocycles. The third-order valence-electron chi connectivity index (χ3n) is 5.84. The third kappa shape index (κ3) is 4.35. The topological polar surface area (TPSA) is 69.8 Å². The highest BCUT2D eigenvalue weighted by molar-refractivity contribution is 6.06. The van der Waals surface area contributed by atoms with Gasteiger partial charge in [0.25, 0.3) is 5.91 Å². The van der Waals surface area contributed by atoms with Crippen LogP contribution in [0.15, 0.2) is 42.6 Å². The first-order valence-electron chi connectivity index (χ1n) is 10.5. The second-order valence-corrected chi connectivity index (χ2v) is 9.03. The first-order chi connectivity index (χ1) is 13.9. The Balaban J connectivity index is 1.50. The molecule has 0 aliphatic carbocycles. The average molecular weight is 391 g/mol. The van der Waals surface area contributed by atoms with Crippen LogP contribution >= 0.6 is 0 Å². The summed E-state index contributed by atoms with van der Waals surface area (Å²) in [5.74, 6) is 0.532. The maximum atomic E-state index is 12.7. The molecule has 0 spiro atoms. The molecule has 1 aliphatic heterocycles. The number of H-pyrrole nitrogens is 1. The van der Waals surface area contributed by atoms with Gasteiger partial charge in [-0.3, -0.25) is 4.79 Å². The number of benzene rings is 1. The van der Waals surface area contributed by atoms with E-state index < -0.39 is 0 Å². The molecule has 0 radical (unpaired) electrons. The molecular formula is C24H30N4O. The van der Waals surface area contributed by atoms with Crippen molar-refractivity contribution in [3.8, 4) is 11.3 Å². The first kappa shape index (κ1) is 19.6. The Bertz CT molecular complexity index is 992. The number of aromatic nitrogens is 2. The predicted octanol–water partition coefficient (Wildman–Crippen LogP) is 4.26. The van der Waals surface area contributed by atoms with E-state index >= 15 is 0 Å². The Hall–Kier alpha value is -2.66. The summed E-state index contributed by atoms with van der Waals surface area (Å²) in [6.07, 6.45) is 4.00. The lowest BCUT2D eigenvalue weighted by atomic mass is 9.86. The number of carbonyl (C=O) groups excluding carboxylic acids is 1. The molecule has 29 heavy (non-hydrogen) atoms. The Labute approximate surface area is 172 Å². The molecule has 1 saturated heterocycles. The van der Waals surface area contributed by atoms with Gasteiger partial charge in [-0.1, -0.05) is 45.0 Å². The zero-order valence-corrected chi connectivity index (χ0v) is 17.5. The van der Waals surface area contributed by atoms with Crippen molar-refractivity contribution in [2.24, 2.45) is 5.92 Å². The summed E-state index contributed by atoms with van der Waals surface area (Å²) in [4.78, 5) is 20.6. The number of nitrogens with zero attached hydrogens (tertiary/aromatic N) is 1. The van der Waals surface area contributed by atoms with Gasteiger partial charge >= 0.3 is 0 Å². The van der Waals surface area contributed by atoms with Gasteiger partial charge in [0.05, 0.1) is 11.3 Å². The van der Waals surface area contributed by atoms with E-state index in [4.69, 9.17) is 4.98 Å². The molecule has 1 aromatic carbocycles. The summed E-state index contributed by atoms with van der Waals surface area (Å²) >= 11 is 0. The van der Waals surface area contributed by atoms with Crippen molar-refractivity contribution in [1.82, 2.24) is 20.6 Å². The van der Waals surface area contributed by atoms with E-state index in [9.17, 15) is 4.79 Å². The fourth-order valence-electron chi connectivity index (χ4n) is 3.91. The van der Waals surface area contributed by atoms with Gasteiger partial charge in [-0.05, 0) is 55.0 Å². The van der Waals surface area contributed by atoms with E-state index in [1.165, 1.54) is 5.56 Å². The maximum Gasteiger partial charge on any atom is 0.253 e. The van der Waals surface area contributed by atoms with Crippen molar-refractivity contribution in [3.63, 3.8) is 0 Å². The summed E-state index contributed by atoms with van der Waals surface area (Å²) < 4.78 is 0. The summed E-state index contributed by atoms with van der Waals surface area (Å²) in [6.45, 7) is 9.45. The minimum Gasteiger partial charge on any atom is -0.352 e. The van der Waals surface area contributed by atoms with Crippen molar-refractivity contribution in [2.45, 2.75) is 39.0 Å². The van der Waals surface area contributed by atoms with Gasteiger partial charge in [0, 0.05) is 23.7 Å². The molecular weight excluding hydrogens is 360 g/mol. The standard InChI is InChI=1S/C24H30N4O/c1-24(2,3)18-6-4-17(5-7-18)21-9-8-19-20(15-26-22(19)28-21)23(29)27-14-16-10-12-25-13-11-16/h4-9,15-16,25H,10-14H2,1-3H3,(H,26,28)(H,27,29). The smallest absolute Gasteiger partial charge is 0.253 e. The van der Waals surface area contributed by atoms with E-state index in [1.54, 1.807) is 6.20 Å². The predicted molar refractivity (Wildman–Crippen MR) is 118 cm³/mol. The minimum atomic E-state index is -0.0288. The zero-order chi connectivity index (χ0) is 20.4. The number of hydrogen-bond acceptors (Lipinski definition) is 3. The highest BCUT2D eigenvalue weighted by Crippen LogP contribution is 2.27. The Morgan fingerprint density at radius 3 is 2.52 bits per heavy atom.